The number of Topliss-reactive ketones (excluding diaryl/α,β-unsaturated/α-hetero) is 1. The van der Waals surface area contributed by atoms with Crippen molar-refractivity contribution in [2.75, 3.05) is 25.4 Å². The van der Waals surface area contributed by atoms with Gasteiger partial charge in [0.2, 0.25) is 0 Å². The van der Waals surface area contributed by atoms with E-state index in [0.717, 1.165) is 49.9 Å². The lowest BCUT2D eigenvalue weighted by Crippen LogP contribution is -2.35. The lowest BCUT2D eigenvalue weighted by Gasteiger charge is -2.30. The number of likely N-dealkylation sites (tertiary alicyclic amines) is 1. The van der Waals surface area contributed by atoms with Crippen molar-refractivity contribution in [1.29, 1.82) is 0 Å². The van der Waals surface area contributed by atoms with Crippen molar-refractivity contribution in [1.82, 2.24) is 9.88 Å². The van der Waals surface area contributed by atoms with Gasteiger partial charge in [-0.1, -0.05) is 18.5 Å². The van der Waals surface area contributed by atoms with Gasteiger partial charge in [-0.2, -0.15) is 13.2 Å². The molecule has 198 valence electrons. The van der Waals surface area contributed by atoms with Crippen LogP contribution < -0.4 is 5.56 Å². The summed E-state index contributed by atoms with van der Waals surface area (Å²) in [5.41, 5.74) is -1.03. The number of phenols is 1. The number of aromatic nitrogens is 1. The molecule has 1 saturated heterocycles. The number of pyridine rings is 1. The van der Waals surface area contributed by atoms with E-state index in [9.17, 15) is 27.9 Å². The topological polar surface area (TPSA) is 73.4 Å². The number of alkyl halides is 3. The van der Waals surface area contributed by atoms with Crippen molar-refractivity contribution in [2.45, 2.75) is 43.7 Å². The summed E-state index contributed by atoms with van der Waals surface area (Å²) >= 11 is 7.09. The van der Waals surface area contributed by atoms with Crippen molar-refractivity contribution in [3.8, 4) is 16.9 Å². The van der Waals surface area contributed by atoms with E-state index in [1.165, 1.54) is 30.7 Å². The second kappa shape index (κ2) is 11.5. The number of ketones is 1. The van der Waals surface area contributed by atoms with Gasteiger partial charge in [-0.25, -0.2) is 0 Å². The number of nitrogens with zero attached hydrogens (tertiary/aromatic N) is 1. The molecule has 4 rings (SSSR count). The van der Waals surface area contributed by atoms with Gasteiger partial charge in [-0.05, 0) is 74.7 Å². The summed E-state index contributed by atoms with van der Waals surface area (Å²) in [7, 11) is 0. The number of fused-ring (bicyclic) bond motifs is 1. The van der Waals surface area contributed by atoms with Crippen LogP contribution in [-0.2, 0) is 11.0 Å². The second-order valence-corrected chi connectivity index (χ2v) is 11.0. The first-order valence-corrected chi connectivity index (χ1v) is 13.5. The van der Waals surface area contributed by atoms with Crippen molar-refractivity contribution >= 4 is 40.0 Å². The predicted molar refractivity (Wildman–Crippen MR) is 141 cm³/mol. The van der Waals surface area contributed by atoms with Gasteiger partial charge in [-0.3, -0.25) is 9.59 Å². The van der Waals surface area contributed by atoms with Gasteiger partial charge in [0.05, 0.1) is 16.2 Å². The minimum atomic E-state index is -4.60. The molecule has 1 aromatic heterocycles. The molecule has 2 N–H and O–H groups in total. The van der Waals surface area contributed by atoms with Crippen LogP contribution in [0.2, 0.25) is 5.02 Å². The zero-order valence-corrected chi connectivity index (χ0v) is 21.9. The molecule has 1 atom stereocenters. The van der Waals surface area contributed by atoms with E-state index < -0.39 is 17.3 Å². The van der Waals surface area contributed by atoms with Crippen LogP contribution in [0.3, 0.4) is 0 Å². The van der Waals surface area contributed by atoms with E-state index in [2.05, 4.69) is 16.8 Å². The SMILES string of the molecule is CC1CCCN(CCCC(=O)CSc2c(-c3cc(Cl)ccc3O)c3cc(C(F)(F)F)ccc3[nH]c2=O)C1. The third-order valence-corrected chi connectivity index (χ3v) is 7.95. The molecule has 3 aromatic rings. The zero-order chi connectivity index (χ0) is 26.7. The molecule has 1 fully saturated rings. The number of aromatic amines is 1. The van der Waals surface area contributed by atoms with Gasteiger partial charge >= 0.3 is 6.18 Å². The van der Waals surface area contributed by atoms with Crippen molar-refractivity contribution < 1.29 is 23.1 Å². The molecule has 0 aliphatic carbocycles. The highest BCUT2D eigenvalue weighted by atomic mass is 35.5. The third-order valence-electron chi connectivity index (χ3n) is 6.57. The van der Waals surface area contributed by atoms with Crippen LogP contribution in [0, 0.1) is 5.92 Å². The summed E-state index contributed by atoms with van der Waals surface area (Å²) in [5.74, 6) is 0.342. The van der Waals surface area contributed by atoms with Gasteiger partial charge in [0.15, 0.2) is 0 Å². The average molecular weight is 553 g/mol. The number of nitrogens with one attached hydrogen (secondary N) is 1. The van der Waals surface area contributed by atoms with Gasteiger partial charge in [0.1, 0.15) is 11.5 Å². The van der Waals surface area contributed by atoms with Crippen molar-refractivity contribution in [3.63, 3.8) is 0 Å². The number of halogens is 4. The molecule has 0 bridgehead atoms. The van der Waals surface area contributed by atoms with E-state index in [0.29, 0.717) is 18.8 Å². The minimum absolute atomic E-state index is 0.0156. The average Bonchev–Trinajstić information content (AvgIpc) is 2.83. The standard InChI is InChI=1S/C27H28ClF3N2O3S/c1-16-4-2-10-33(14-16)11-3-5-19(34)15-37-25-24(21-13-18(28)7-9-23(21)35)20-12-17(27(29,30)31)6-8-22(20)32-26(25)36/h6-9,12-13,16,35H,2-5,10-11,14-15H2,1H3,(H,32,36). The van der Waals surface area contributed by atoms with Gasteiger partial charge in [0.25, 0.3) is 5.56 Å². The third kappa shape index (κ3) is 6.69. The second-order valence-electron chi connectivity index (χ2n) is 9.56. The minimum Gasteiger partial charge on any atom is -0.507 e. The fraction of sp³-hybridized carbons (Fsp3) is 0.407. The van der Waals surface area contributed by atoms with E-state index in [4.69, 9.17) is 11.6 Å². The number of piperidine rings is 1. The molecule has 0 spiro atoms. The maximum absolute atomic E-state index is 13.5. The Hall–Kier alpha value is -2.49. The zero-order valence-electron chi connectivity index (χ0n) is 20.3. The molecule has 1 aliphatic rings. The monoisotopic (exact) mass is 552 g/mol. The van der Waals surface area contributed by atoms with E-state index in [1.54, 1.807) is 0 Å². The van der Waals surface area contributed by atoms with Gasteiger partial charge in [-0.15, -0.1) is 11.8 Å². The number of hydrogen-bond acceptors (Lipinski definition) is 5. The van der Waals surface area contributed by atoms with Crippen LogP contribution in [0.25, 0.3) is 22.0 Å². The van der Waals surface area contributed by atoms with Crippen LogP contribution in [0.5, 0.6) is 5.75 Å². The maximum Gasteiger partial charge on any atom is 0.416 e. The highest BCUT2D eigenvalue weighted by molar-refractivity contribution is 8.00. The van der Waals surface area contributed by atoms with E-state index >= 15 is 0 Å². The lowest BCUT2D eigenvalue weighted by molar-refractivity contribution is -0.137. The summed E-state index contributed by atoms with van der Waals surface area (Å²) in [6.45, 7) is 5.12. The Morgan fingerprint density at radius 3 is 2.76 bits per heavy atom. The number of rotatable bonds is 8. The highest BCUT2D eigenvalue weighted by Gasteiger charge is 2.31. The molecule has 0 radical (unpaired) electrons. The van der Waals surface area contributed by atoms with Gasteiger partial charge < -0.3 is 15.0 Å². The number of thioether (sulfide) groups is 1. The normalized spacial score (nSPS) is 16.8. The molecular formula is C27H28ClF3N2O3S. The number of H-pyrrole nitrogens is 1. The largest absolute Gasteiger partial charge is 0.507 e. The van der Waals surface area contributed by atoms with Crippen LogP contribution >= 0.6 is 23.4 Å². The molecule has 0 saturated carbocycles. The van der Waals surface area contributed by atoms with E-state index in [-0.39, 0.29) is 49.2 Å². The summed E-state index contributed by atoms with van der Waals surface area (Å²) in [6.07, 6.45) is -1.17. The van der Waals surface area contributed by atoms with Gasteiger partial charge in [0, 0.05) is 40.0 Å². The maximum atomic E-state index is 13.5. The molecule has 5 nitrogen and oxygen atoms in total. The molecule has 1 unspecified atom stereocenters. The first kappa shape index (κ1) is 27.5. The molecule has 2 heterocycles. The van der Waals surface area contributed by atoms with Crippen LogP contribution in [-0.4, -0.2) is 46.2 Å². The fourth-order valence-corrected chi connectivity index (χ4v) is 5.95. The Kier molecular flexibility index (Phi) is 8.56. The fourth-order valence-electron chi connectivity index (χ4n) is 4.78. The summed E-state index contributed by atoms with van der Waals surface area (Å²) in [6, 6.07) is 7.17. The van der Waals surface area contributed by atoms with Crippen molar-refractivity contribution in [3.05, 3.63) is 57.3 Å². The highest BCUT2D eigenvalue weighted by Crippen LogP contribution is 2.42. The molecule has 10 heteroatoms. The quantitative estimate of drug-likeness (QED) is 0.303. The molecule has 0 amide bonds. The Morgan fingerprint density at radius 1 is 1.24 bits per heavy atom. The molecule has 37 heavy (non-hydrogen) atoms. The Labute approximate surface area is 222 Å². The first-order chi connectivity index (χ1) is 17.5. The Morgan fingerprint density at radius 2 is 2.03 bits per heavy atom. The molecule has 1 aliphatic heterocycles. The first-order valence-electron chi connectivity index (χ1n) is 12.2. The van der Waals surface area contributed by atoms with Crippen LogP contribution in [0.4, 0.5) is 13.2 Å². The number of phenolic OH excluding ortho intramolecular Hbond substituents is 1. The smallest absolute Gasteiger partial charge is 0.416 e. The van der Waals surface area contributed by atoms with Crippen molar-refractivity contribution in [2.24, 2.45) is 5.92 Å². The number of aromatic hydroxyl groups is 1. The summed E-state index contributed by atoms with van der Waals surface area (Å²) in [4.78, 5) is 30.8. The number of hydrogen-bond donors (Lipinski definition) is 2. The Balaban J connectivity index is 1.63. The summed E-state index contributed by atoms with van der Waals surface area (Å²) in [5, 5.41) is 10.9. The molecular weight excluding hydrogens is 525 g/mol. The van der Waals surface area contributed by atoms with Crippen LogP contribution in [0.15, 0.2) is 46.1 Å². The predicted octanol–water partition coefficient (Wildman–Crippen LogP) is 6.75. The number of carbonyl (C=O) groups excluding carboxylic acids is 1. The molecule has 2 aromatic carbocycles. The number of benzene rings is 2. The lowest BCUT2D eigenvalue weighted by atomic mass is 9.98. The number of carbonyl (C=O) groups is 1. The van der Waals surface area contributed by atoms with E-state index in [1.807, 2.05) is 0 Å². The summed E-state index contributed by atoms with van der Waals surface area (Å²) < 4.78 is 40.5. The van der Waals surface area contributed by atoms with Crippen LogP contribution in [0.1, 0.15) is 38.2 Å². The Bertz CT molecular complexity index is 1360.